The van der Waals surface area contributed by atoms with Crippen molar-refractivity contribution in [2.75, 3.05) is 19.6 Å². The maximum absolute atomic E-state index is 10.9. The van der Waals surface area contributed by atoms with Crippen molar-refractivity contribution in [1.82, 2.24) is 4.90 Å². The summed E-state index contributed by atoms with van der Waals surface area (Å²) in [5.74, 6) is 0. The Morgan fingerprint density at radius 3 is 2.12 bits per heavy atom. The summed E-state index contributed by atoms with van der Waals surface area (Å²) in [6.07, 6.45) is 4.34. The lowest BCUT2D eigenvalue weighted by Crippen LogP contribution is -2.30. The van der Waals surface area contributed by atoms with Crippen LogP contribution in [0.1, 0.15) is 51.2 Å². The van der Waals surface area contributed by atoms with Crippen molar-refractivity contribution in [3.05, 3.63) is 60.2 Å². The van der Waals surface area contributed by atoms with Gasteiger partial charge in [-0.05, 0) is 59.1 Å². The first-order valence-corrected chi connectivity index (χ1v) is 10.0. The Kier molecular flexibility index (Phi) is 6.65. The van der Waals surface area contributed by atoms with Crippen LogP contribution in [-0.4, -0.2) is 29.6 Å². The minimum Gasteiger partial charge on any atom is -0.387 e. The van der Waals surface area contributed by atoms with Crippen LogP contribution in [0.25, 0.3) is 21.5 Å². The standard InChI is InChI=1S/C24H31NO/c1-3-5-15-25(16-6-4-2)18-24(26)21-14-13-20-12-11-19-9-7-8-10-22(19)23(20)17-21/h7-14,17,24,26H,3-6,15-16,18H2,1-2H3. The van der Waals surface area contributed by atoms with E-state index in [1.807, 2.05) is 0 Å². The molecule has 0 spiro atoms. The maximum Gasteiger partial charge on any atom is 0.0917 e. The van der Waals surface area contributed by atoms with Crippen molar-refractivity contribution in [3.8, 4) is 0 Å². The van der Waals surface area contributed by atoms with Gasteiger partial charge in [0.05, 0.1) is 6.10 Å². The Bertz CT molecular complexity index is 834. The molecule has 0 radical (unpaired) electrons. The van der Waals surface area contributed by atoms with Gasteiger partial charge in [0.25, 0.3) is 0 Å². The Morgan fingerprint density at radius 1 is 0.808 bits per heavy atom. The van der Waals surface area contributed by atoms with Crippen LogP contribution >= 0.6 is 0 Å². The fourth-order valence-electron chi connectivity index (χ4n) is 3.63. The first-order chi connectivity index (χ1) is 12.7. The minimum absolute atomic E-state index is 0.438. The average Bonchev–Trinajstić information content (AvgIpc) is 2.69. The van der Waals surface area contributed by atoms with Crippen LogP contribution in [0.2, 0.25) is 0 Å². The van der Waals surface area contributed by atoms with Gasteiger partial charge in [-0.25, -0.2) is 0 Å². The summed E-state index contributed by atoms with van der Waals surface area (Å²) in [6.45, 7) is 7.32. The van der Waals surface area contributed by atoms with Crippen molar-refractivity contribution in [2.24, 2.45) is 0 Å². The van der Waals surface area contributed by atoms with Crippen LogP contribution < -0.4 is 0 Å². The molecule has 3 aromatic rings. The maximum atomic E-state index is 10.9. The minimum atomic E-state index is -0.438. The van der Waals surface area contributed by atoms with E-state index >= 15 is 0 Å². The van der Waals surface area contributed by atoms with E-state index in [9.17, 15) is 5.11 Å². The van der Waals surface area contributed by atoms with E-state index < -0.39 is 6.10 Å². The van der Waals surface area contributed by atoms with E-state index in [2.05, 4.69) is 73.3 Å². The number of fused-ring (bicyclic) bond motifs is 3. The fraction of sp³-hybridized carbons (Fsp3) is 0.417. The smallest absolute Gasteiger partial charge is 0.0917 e. The van der Waals surface area contributed by atoms with Gasteiger partial charge in [0.2, 0.25) is 0 Å². The quantitative estimate of drug-likeness (QED) is 0.484. The third-order valence-corrected chi connectivity index (χ3v) is 5.24. The first-order valence-electron chi connectivity index (χ1n) is 10.0. The third-order valence-electron chi connectivity index (χ3n) is 5.24. The van der Waals surface area contributed by atoms with Gasteiger partial charge in [-0.2, -0.15) is 0 Å². The molecule has 1 atom stereocenters. The Hall–Kier alpha value is -1.90. The summed E-state index contributed by atoms with van der Waals surface area (Å²) in [6, 6.07) is 19.2. The lowest BCUT2D eigenvalue weighted by molar-refractivity contribution is 0.111. The number of hydrogen-bond acceptors (Lipinski definition) is 2. The second-order valence-electron chi connectivity index (χ2n) is 7.29. The molecule has 0 amide bonds. The average molecular weight is 350 g/mol. The fourth-order valence-corrected chi connectivity index (χ4v) is 3.63. The molecule has 0 aliphatic heterocycles. The number of aliphatic hydroxyl groups excluding tert-OH is 1. The van der Waals surface area contributed by atoms with Gasteiger partial charge in [0.15, 0.2) is 0 Å². The normalized spacial score (nSPS) is 12.9. The Balaban J connectivity index is 1.84. The van der Waals surface area contributed by atoms with Crippen molar-refractivity contribution in [2.45, 2.75) is 45.6 Å². The zero-order valence-electron chi connectivity index (χ0n) is 16.1. The molecule has 0 aromatic heterocycles. The van der Waals surface area contributed by atoms with E-state index in [4.69, 9.17) is 0 Å². The number of nitrogens with zero attached hydrogens (tertiary/aromatic N) is 1. The molecule has 0 saturated carbocycles. The Labute approximate surface area is 157 Å². The van der Waals surface area contributed by atoms with Gasteiger partial charge in [0, 0.05) is 6.54 Å². The van der Waals surface area contributed by atoms with E-state index in [1.54, 1.807) is 0 Å². The van der Waals surface area contributed by atoms with Gasteiger partial charge in [0.1, 0.15) is 0 Å². The summed E-state index contributed by atoms with van der Waals surface area (Å²) in [7, 11) is 0. The molecule has 0 heterocycles. The molecule has 3 aromatic carbocycles. The summed E-state index contributed by atoms with van der Waals surface area (Å²) >= 11 is 0. The van der Waals surface area contributed by atoms with Gasteiger partial charge >= 0.3 is 0 Å². The predicted molar refractivity (Wildman–Crippen MR) is 113 cm³/mol. The summed E-state index contributed by atoms with van der Waals surface area (Å²) in [5, 5.41) is 15.8. The Morgan fingerprint density at radius 2 is 1.42 bits per heavy atom. The highest BCUT2D eigenvalue weighted by Gasteiger charge is 2.14. The number of rotatable bonds is 9. The molecule has 0 aliphatic carbocycles. The molecule has 2 heteroatoms. The van der Waals surface area contributed by atoms with Crippen molar-refractivity contribution < 1.29 is 5.11 Å². The van der Waals surface area contributed by atoms with Crippen molar-refractivity contribution >= 4 is 21.5 Å². The van der Waals surface area contributed by atoms with Crippen molar-refractivity contribution in [1.29, 1.82) is 0 Å². The molecule has 1 unspecified atom stereocenters. The number of hydrogen-bond donors (Lipinski definition) is 1. The van der Waals surface area contributed by atoms with Crippen LogP contribution in [-0.2, 0) is 0 Å². The second kappa shape index (κ2) is 9.16. The van der Waals surface area contributed by atoms with Crippen LogP contribution in [0.15, 0.2) is 54.6 Å². The molecule has 0 bridgehead atoms. The van der Waals surface area contributed by atoms with E-state index in [0.717, 1.165) is 25.2 Å². The molecular weight excluding hydrogens is 318 g/mol. The van der Waals surface area contributed by atoms with Gasteiger partial charge < -0.3 is 10.0 Å². The lowest BCUT2D eigenvalue weighted by atomic mass is 9.98. The molecule has 0 saturated heterocycles. The van der Waals surface area contributed by atoms with Crippen LogP contribution in [0.5, 0.6) is 0 Å². The zero-order valence-corrected chi connectivity index (χ0v) is 16.1. The topological polar surface area (TPSA) is 23.5 Å². The predicted octanol–water partition coefficient (Wildman–Crippen LogP) is 5.93. The second-order valence-corrected chi connectivity index (χ2v) is 7.29. The third kappa shape index (κ3) is 4.44. The molecule has 2 nitrogen and oxygen atoms in total. The van der Waals surface area contributed by atoms with E-state index in [1.165, 1.54) is 47.2 Å². The molecule has 0 fully saturated rings. The van der Waals surface area contributed by atoms with Crippen LogP contribution in [0.3, 0.4) is 0 Å². The van der Waals surface area contributed by atoms with Crippen LogP contribution in [0, 0.1) is 0 Å². The summed E-state index contributed by atoms with van der Waals surface area (Å²) in [4.78, 5) is 2.42. The van der Waals surface area contributed by atoms with E-state index in [-0.39, 0.29) is 0 Å². The zero-order chi connectivity index (χ0) is 18.4. The van der Waals surface area contributed by atoms with Gasteiger partial charge in [-0.1, -0.05) is 75.2 Å². The number of aliphatic hydroxyl groups is 1. The molecule has 3 rings (SSSR count). The van der Waals surface area contributed by atoms with Crippen molar-refractivity contribution in [3.63, 3.8) is 0 Å². The lowest BCUT2D eigenvalue weighted by Gasteiger charge is -2.25. The molecule has 138 valence electrons. The van der Waals surface area contributed by atoms with Crippen LogP contribution in [0.4, 0.5) is 0 Å². The molecular formula is C24H31NO. The van der Waals surface area contributed by atoms with E-state index in [0.29, 0.717) is 0 Å². The molecule has 0 aliphatic rings. The molecule has 1 N–H and O–H groups in total. The SMILES string of the molecule is CCCCN(CCCC)CC(O)c1ccc2ccc3ccccc3c2c1. The number of unbranched alkanes of at least 4 members (excludes halogenated alkanes) is 2. The highest BCUT2D eigenvalue weighted by Crippen LogP contribution is 2.28. The summed E-state index contributed by atoms with van der Waals surface area (Å²) < 4.78 is 0. The monoisotopic (exact) mass is 349 g/mol. The number of benzene rings is 3. The van der Waals surface area contributed by atoms with Gasteiger partial charge in [-0.15, -0.1) is 0 Å². The highest BCUT2D eigenvalue weighted by atomic mass is 16.3. The van der Waals surface area contributed by atoms with Gasteiger partial charge in [-0.3, -0.25) is 0 Å². The highest BCUT2D eigenvalue weighted by molar-refractivity contribution is 6.07. The molecule has 26 heavy (non-hydrogen) atoms. The first kappa shape index (κ1) is 18.9. The summed E-state index contributed by atoms with van der Waals surface area (Å²) in [5.41, 5.74) is 1.02. The largest absolute Gasteiger partial charge is 0.387 e.